The van der Waals surface area contributed by atoms with Crippen LogP contribution in [0.1, 0.15) is 18.4 Å². The summed E-state index contributed by atoms with van der Waals surface area (Å²) < 4.78 is 0. The van der Waals surface area contributed by atoms with Crippen LogP contribution in [0.15, 0.2) is 58.9 Å². The van der Waals surface area contributed by atoms with Crippen molar-refractivity contribution >= 4 is 28.8 Å². The number of hydrogen-bond acceptors (Lipinski definition) is 2. The summed E-state index contributed by atoms with van der Waals surface area (Å²) in [6.45, 7) is 0. The van der Waals surface area contributed by atoms with Crippen molar-refractivity contribution < 1.29 is 5.11 Å². The molecule has 1 heterocycles. The van der Waals surface area contributed by atoms with Gasteiger partial charge < -0.3 is 5.11 Å². The Morgan fingerprint density at radius 2 is 1.81 bits per heavy atom. The topological polar surface area (TPSA) is 33.1 Å². The third-order valence-electron chi connectivity index (χ3n) is 3.46. The van der Waals surface area contributed by atoms with E-state index in [-0.39, 0.29) is 5.75 Å². The summed E-state index contributed by atoms with van der Waals surface area (Å²) in [5.74, 6) is 0.226. The average Bonchev–Trinajstić information content (AvgIpc) is 2.50. The molecular formula is C17H13Cl2NO. The van der Waals surface area contributed by atoms with Crippen molar-refractivity contribution in [3.8, 4) is 16.9 Å². The molecule has 0 saturated carbocycles. The van der Waals surface area contributed by atoms with Gasteiger partial charge in [0, 0.05) is 23.0 Å². The maximum Gasteiger partial charge on any atom is 0.116 e. The van der Waals surface area contributed by atoms with Crippen molar-refractivity contribution in [3.63, 3.8) is 0 Å². The van der Waals surface area contributed by atoms with Crippen molar-refractivity contribution in [1.29, 1.82) is 0 Å². The van der Waals surface area contributed by atoms with Gasteiger partial charge in [-0.05, 0) is 59.9 Å². The molecule has 0 bridgehead atoms. The third-order valence-corrected chi connectivity index (χ3v) is 4.28. The Morgan fingerprint density at radius 3 is 2.52 bits per heavy atom. The minimum atomic E-state index is 0.226. The molecule has 0 aliphatic heterocycles. The van der Waals surface area contributed by atoms with E-state index in [9.17, 15) is 5.11 Å². The van der Waals surface area contributed by atoms with Crippen LogP contribution in [0.3, 0.4) is 0 Å². The number of aromatic hydroxyl groups is 1. The summed E-state index contributed by atoms with van der Waals surface area (Å²) in [6, 6.07) is 9.35. The number of hydrogen-bond donors (Lipinski definition) is 1. The number of rotatable bonds is 2. The number of benzene rings is 1. The zero-order valence-electron chi connectivity index (χ0n) is 11.2. The Hall–Kier alpha value is -1.77. The Bertz CT molecular complexity index is 736. The number of nitrogens with zero attached hydrogens (tertiary/aromatic N) is 1. The van der Waals surface area contributed by atoms with Crippen LogP contribution in [0.5, 0.6) is 5.75 Å². The molecule has 4 heteroatoms. The second kappa shape index (κ2) is 5.92. The summed E-state index contributed by atoms with van der Waals surface area (Å²) in [4.78, 5) is 4.11. The minimum Gasteiger partial charge on any atom is -0.508 e. The first-order chi connectivity index (χ1) is 10.1. The second-order valence-electron chi connectivity index (χ2n) is 4.93. The van der Waals surface area contributed by atoms with Crippen LogP contribution >= 0.6 is 23.2 Å². The molecule has 0 unspecified atom stereocenters. The lowest BCUT2D eigenvalue weighted by Crippen LogP contribution is -1.93. The summed E-state index contributed by atoms with van der Waals surface area (Å²) in [6.07, 6.45) is 6.91. The van der Waals surface area contributed by atoms with Crippen LogP contribution in [0, 0.1) is 0 Å². The highest BCUT2D eigenvalue weighted by atomic mass is 35.5. The molecule has 1 aliphatic rings. The van der Waals surface area contributed by atoms with Crippen LogP contribution in [0.2, 0.25) is 0 Å². The Morgan fingerprint density at radius 1 is 1.00 bits per heavy atom. The summed E-state index contributed by atoms with van der Waals surface area (Å²) in [5, 5.41) is 11.2. The standard InChI is InChI=1S/C17H13Cl2NO/c18-16-4-3-11(9-17(16)19)13-6-14(8-15(21)7-13)12-2-1-5-20-10-12/h1-2,5-10,21H,3-4H2. The summed E-state index contributed by atoms with van der Waals surface area (Å²) in [5.41, 5.74) is 3.92. The van der Waals surface area contributed by atoms with E-state index in [1.54, 1.807) is 24.5 Å². The number of phenolic OH excluding ortho intramolecular Hbond substituents is 1. The van der Waals surface area contributed by atoms with Crippen LogP contribution in [0.4, 0.5) is 0 Å². The number of aromatic nitrogens is 1. The van der Waals surface area contributed by atoms with Gasteiger partial charge in [-0.3, -0.25) is 4.98 Å². The molecule has 0 saturated heterocycles. The molecule has 0 spiro atoms. The number of allylic oxidation sites excluding steroid dienone is 4. The van der Waals surface area contributed by atoms with Gasteiger partial charge >= 0.3 is 0 Å². The fourth-order valence-electron chi connectivity index (χ4n) is 2.39. The Balaban J connectivity index is 2.05. The number of pyridine rings is 1. The van der Waals surface area contributed by atoms with E-state index in [4.69, 9.17) is 23.2 Å². The number of halogens is 2. The SMILES string of the molecule is Oc1cc(C2=CC(Cl)=C(Cl)CC2)cc(-c2cccnc2)c1. The normalized spacial score (nSPS) is 15.0. The highest BCUT2D eigenvalue weighted by molar-refractivity contribution is 6.40. The molecule has 3 rings (SSSR count). The van der Waals surface area contributed by atoms with Gasteiger partial charge in [0.2, 0.25) is 0 Å². The van der Waals surface area contributed by atoms with Crippen molar-refractivity contribution in [3.05, 3.63) is 64.4 Å². The first kappa shape index (κ1) is 14.2. The van der Waals surface area contributed by atoms with Gasteiger partial charge in [-0.25, -0.2) is 0 Å². The molecule has 0 atom stereocenters. The lowest BCUT2D eigenvalue weighted by atomic mass is 9.94. The molecule has 1 aromatic heterocycles. The van der Waals surface area contributed by atoms with Crippen LogP contribution in [-0.2, 0) is 0 Å². The fraction of sp³-hybridized carbons (Fsp3) is 0.118. The molecule has 2 nitrogen and oxygen atoms in total. The van der Waals surface area contributed by atoms with Crippen LogP contribution in [-0.4, -0.2) is 10.1 Å². The third kappa shape index (κ3) is 3.12. The van der Waals surface area contributed by atoms with Crippen molar-refractivity contribution in [1.82, 2.24) is 4.98 Å². The van der Waals surface area contributed by atoms with Gasteiger partial charge in [0.25, 0.3) is 0 Å². The van der Waals surface area contributed by atoms with Crippen molar-refractivity contribution in [2.75, 3.05) is 0 Å². The molecule has 1 aliphatic carbocycles. The van der Waals surface area contributed by atoms with E-state index in [0.29, 0.717) is 10.1 Å². The summed E-state index contributed by atoms with van der Waals surface area (Å²) >= 11 is 12.1. The van der Waals surface area contributed by atoms with E-state index in [0.717, 1.165) is 35.1 Å². The van der Waals surface area contributed by atoms with E-state index in [2.05, 4.69) is 4.98 Å². The second-order valence-corrected chi connectivity index (χ2v) is 5.80. The quantitative estimate of drug-likeness (QED) is 0.813. The summed E-state index contributed by atoms with van der Waals surface area (Å²) in [7, 11) is 0. The Kier molecular flexibility index (Phi) is 4.00. The maximum absolute atomic E-state index is 9.99. The monoisotopic (exact) mass is 317 g/mol. The molecule has 0 radical (unpaired) electrons. The lowest BCUT2D eigenvalue weighted by molar-refractivity contribution is 0.475. The first-order valence-electron chi connectivity index (χ1n) is 6.63. The van der Waals surface area contributed by atoms with E-state index in [1.165, 1.54) is 0 Å². The molecule has 106 valence electrons. The highest BCUT2D eigenvalue weighted by Gasteiger charge is 2.13. The van der Waals surface area contributed by atoms with Crippen molar-refractivity contribution in [2.45, 2.75) is 12.8 Å². The van der Waals surface area contributed by atoms with E-state index < -0.39 is 0 Å². The lowest BCUT2D eigenvalue weighted by Gasteiger charge is -2.15. The molecule has 0 fully saturated rings. The van der Waals surface area contributed by atoms with Crippen molar-refractivity contribution in [2.24, 2.45) is 0 Å². The average molecular weight is 318 g/mol. The van der Waals surface area contributed by atoms with Crippen LogP contribution in [0.25, 0.3) is 16.7 Å². The largest absolute Gasteiger partial charge is 0.508 e. The number of phenols is 1. The first-order valence-corrected chi connectivity index (χ1v) is 7.38. The zero-order chi connectivity index (χ0) is 14.8. The van der Waals surface area contributed by atoms with E-state index in [1.807, 2.05) is 24.3 Å². The van der Waals surface area contributed by atoms with Gasteiger partial charge in [-0.2, -0.15) is 0 Å². The Labute approximate surface area is 133 Å². The molecular weight excluding hydrogens is 305 g/mol. The molecule has 0 amide bonds. The molecule has 1 aromatic carbocycles. The zero-order valence-corrected chi connectivity index (χ0v) is 12.7. The molecule has 1 N–H and O–H groups in total. The highest BCUT2D eigenvalue weighted by Crippen LogP contribution is 2.36. The fourth-order valence-corrected chi connectivity index (χ4v) is 2.77. The van der Waals surface area contributed by atoms with Gasteiger partial charge in [-0.1, -0.05) is 29.3 Å². The van der Waals surface area contributed by atoms with Crippen LogP contribution < -0.4 is 0 Å². The predicted octanol–water partition coefficient (Wildman–Crippen LogP) is 5.32. The predicted molar refractivity (Wildman–Crippen MR) is 87.3 cm³/mol. The van der Waals surface area contributed by atoms with Gasteiger partial charge in [-0.15, -0.1) is 0 Å². The minimum absolute atomic E-state index is 0.226. The molecule has 2 aromatic rings. The maximum atomic E-state index is 9.99. The molecule has 21 heavy (non-hydrogen) atoms. The van der Waals surface area contributed by atoms with Gasteiger partial charge in [0.05, 0.1) is 5.03 Å². The smallest absolute Gasteiger partial charge is 0.116 e. The van der Waals surface area contributed by atoms with Gasteiger partial charge in [0.15, 0.2) is 0 Å². The van der Waals surface area contributed by atoms with E-state index >= 15 is 0 Å². The van der Waals surface area contributed by atoms with Gasteiger partial charge in [0.1, 0.15) is 5.75 Å².